The Morgan fingerprint density at radius 2 is 2.21 bits per heavy atom. The van der Waals surface area contributed by atoms with Gasteiger partial charge in [0.15, 0.2) is 0 Å². The van der Waals surface area contributed by atoms with Crippen molar-refractivity contribution in [2.75, 3.05) is 5.32 Å². The Labute approximate surface area is 112 Å². The number of benzene rings is 1. The third kappa shape index (κ3) is 5.35. The van der Waals surface area contributed by atoms with Crippen LogP contribution in [0.1, 0.15) is 25.3 Å². The molecule has 0 radical (unpaired) electrons. The molecule has 0 aromatic heterocycles. The minimum atomic E-state index is -1.01. The molecule has 5 heteroatoms. The molecule has 0 spiro atoms. The van der Waals surface area contributed by atoms with Crippen molar-refractivity contribution in [1.29, 1.82) is 0 Å². The van der Waals surface area contributed by atoms with Crippen LogP contribution >= 0.6 is 0 Å². The fourth-order valence-electron chi connectivity index (χ4n) is 1.56. The maximum atomic E-state index is 11.7. The number of hydrogen-bond donors (Lipinski definition) is 3. The number of rotatable bonds is 6. The summed E-state index contributed by atoms with van der Waals surface area (Å²) < 4.78 is 0. The zero-order valence-electron chi connectivity index (χ0n) is 10.8. The fraction of sp³-hybridized carbons (Fsp3) is 0.286. The van der Waals surface area contributed by atoms with E-state index < -0.39 is 12.0 Å². The normalized spacial score (nSPS) is 12.3. The summed E-state index contributed by atoms with van der Waals surface area (Å²) in [5.41, 5.74) is 7.01. The van der Waals surface area contributed by atoms with E-state index in [2.05, 4.69) is 5.32 Å². The first-order valence-electron chi connectivity index (χ1n) is 6.10. The minimum Gasteiger partial charge on any atom is -0.478 e. The molecule has 0 aliphatic carbocycles. The van der Waals surface area contributed by atoms with Crippen molar-refractivity contribution < 1.29 is 14.7 Å². The highest BCUT2D eigenvalue weighted by atomic mass is 16.4. The number of aliphatic carboxylic acids is 1. The van der Waals surface area contributed by atoms with E-state index in [1.807, 2.05) is 6.92 Å². The SMILES string of the molecule is CCCC(N)C(=O)Nc1cccc(/C=C/C(=O)O)c1. The first-order chi connectivity index (χ1) is 9.02. The molecule has 1 amide bonds. The van der Waals surface area contributed by atoms with Crippen LogP contribution in [0.4, 0.5) is 5.69 Å². The molecule has 1 unspecified atom stereocenters. The monoisotopic (exact) mass is 262 g/mol. The molecule has 1 atom stereocenters. The minimum absolute atomic E-state index is 0.235. The van der Waals surface area contributed by atoms with Crippen LogP contribution in [0.5, 0.6) is 0 Å². The highest BCUT2D eigenvalue weighted by Gasteiger charge is 2.11. The van der Waals surface area contributed by atoms with Crippen molar-refractivity contribution in [1.82, 2.24) is 0 Å². The second-order valence-corrected chi connectivity index (χ2v) is 4.18. The Morgan fingerprint density at radius 3 is 2.84 bits per heavy atom. The molecule has 1 aromatic carbocycles. The van der Waals surface area contributed by atoms with Crippen molar-refractivity contribution in [2.45, 2.75) is 25.8 Å². The molecular weight excluding hydrogens is 244 g/mol. The zero-order chi connectivity index (χ0) is 14.3. The van der Waals surface area contributed by atoms with Gasteiger partial charge in [-0.2, -0.15) is 0 Å². The summed E-state index contributed by atoms with van der Waals surface area (Å²) in [7, 11) is 0. The van der Waals surface area contributed by atoms with Crippen LogP contribution in [0.25, 0.3) is 6.08 Å². The largest absolute Gasteiger partial charge is 0.478 e. The summed E-state index contributed by atoms with van der Waals surface area (Å²) in [5, 5.41) is 11.3. The Kier molecular flexibility index (Phi) is 5.75. The van der Waals surface area contributed by atoms with Crippen LogP contribution in [0.2, 0.25) is 0 Å². The molecule has 19 heavy (non-hydrogen) atoms. The third-order valence-electron chi connectivity index (χ3n) is 2.51. The molecule has 5 nitrogen and oxygen atoms in total. The first-order valence-corrected chi connectivity index (χ1v) is 6.10. The fourth-order valence-corrected chi connectivity index (χ4v) is 1.56. The van der Waals surface area contributed by atoms with Crippen molar-refractivity contribution >= 4 is 23.6 Å². The van der Waals surface area contributed by atoms with Gasteiger partial charge in [-0.1, -0.05) is 25.5 Å². The van der Waals surface area contributed by atoms with Gasteiger partial charge in [-0.3, -0.25) is 4.79 Å². The maximum absolute atomic E-state index is 11.7. The second-order valence-electron chi connectivity index (χ2n) is 4.18. The van der Waals surface area contributed by atoms with Crippen LogP contribution < -0.4 is 11.1 Å². The quantitative estimate of drug-likeness (QED) is 0.682. The number of hydrogen-bond acceptors (Lipinski definition) is 3. The number of nitrogens with two attached hydrogens (primary N) is 1. The van der Waals surface area contributed by atoms with Gasteiger partial charge < -0.3 is 16.2 Å². The number of amides is 1. The molecule has 0 aliphatic heterocycles. The number of nitrogens with one attached hydrogen (secondary N) is 1. The maximum Gasteiger partial charge on any atom is 0.328 e. The predicted molar refractivity (Wildman–Crippen MR) is 74.6 cm³/mol. The van der Waals surface area contributed by atoms with E-state index in [1.54, 1.807) is 24.3 Å². The van der Waals surface area contributed by atoms with Gasteiger partial charge in [0.2, 0.25) is 5.91 Å². The van der Waals surface area contributed by atoms with Gasteiger partial charge in [-0.15, -0.1) is 0 Å². The molecular formula is C14H18N2O3. The summed E-state index contributed by atoms with van der Waals surface area (Å²) in [6.07, 6.45) is 3.98. The Morgan fingerprint density at radius 1 is 1.47 bits per heavy atom. The van der Waals surface area contributed by atoms with Crippen LogP contribution in [-0.4, -0.2) is 23.0 Å². The van der Waals surface area contributed by atoms with E-state index in [-0.39, 0.29) is 5.91 Å². The Hall–Kier alpha value is -2.14. The van der Waals surface area contributed by atoms with E-state index in [9.17, 15) is 9.59 Å². The number of carbonyl (C=O) groups excluding carboxylic acids is 1. The van der Waals surface area contributed by atoms with Gasteiger partial charge in [0.1, 0.15) is 0 Å². The molecule has 0 saturated heterocycles. The van der Waals surface area contributed by atoms with Gasteiger partial charge in [0, 0.05) is 11.8 Å². The lowest BCUT2D eigenvalue weighted by molar-refractivity contribution is -0.131. The molecule has 102 valence electrons. The van der Waals surface area contributed by atoms with Crippen molar-refractivity contribution in [3.8, 4) is 0 Å². The van der Waals surface area contributed by atoms with Gasteiger partial charge in [0.05, 0.1) is 6.04 Å². The average Bonchev–Trinajstić information content (AvgIpc) is 2.37. The summed E-state index contributed by atoms with van der Waals surface area (Å²) in [6.45, 7) is 1.96. The predicted octanol–water partition coefficient (Wildman–Crippen LogP) is 1.85. The van der Waals surface area contributed by atoms with Gasteiger partial charge in [0.25, 0.3) is 0 Å². The van der Waals surface area contributed by atoms with E-state index in [1.165, 1.54) is 6.08 Å². The smallest absolute Gasteiger partial charge is 0.328 e. The number of carbonyl (C=O) groups is 2. The topological polar surface area (TPSA) is 92.4 Å². The van der Waals surface area contributed by atoms with Crippen LogP contribution in [-0.2, 0) is 9.59 Å². The lowest BCUT2D eigenvalue weighted by Crippen LogP contribution is -2.35. The van der Waals surface area contributed by atoms with E-state index in [0.717, 1.165) is 12.5 Å². The van der Waals surface area contributed by atoms with Gasteiger partial charge in [-0.05, 0) is 30.2 Å². The third-order valence-corrected chi connectivity index (χ3v) is 2.51. The van der Waals surface area contributed by atoms with E-state index >= 15 is 0 Å². The number of carboxylic acid groups (broad SMARTS) is 1. The Bertz CT molecular complexity index is 483. The van der Waals surface area contributed by atoms with Crippen molar-refractivity contribution in [3.05, 3.63) is 35.9 Å². The molecule has 1 aromatic rings. The molecule has 1 rings (SSSR count). The van der Waals surface area contributed by atoms with Crippen LogP contribution in [0.15, 0.2) is 30.3 Å². The summed E-state index contributed by atoms with van der Waals surface area (Å²) in [5.74, 6) is -1.25. The van der Waals surface area contributed by atoms with E-state index in [0.29, 0.717) is 17.7 Å². The highest BCUT2D eigenvalue weighted by Crippen LogP contribution is 2.12. The first kappa shape index (κ1) is 14.9. The van der Waals surface area contributed by atoms with E-state index in [4.69, 9.17) is 10.8 Å². The summed E-state index contributed by atoms with van der Waals surface area (Å²) >= 11 is 0. The zero-order valence-corrected chi connectivity index (χ0v) is 10.8. The molecule has 0 heterocycles. The number of anilines is 1. The average molecular weight is 262 g/mol. The summed E-state index contributed by atoms with van der Waals surface area (Å²) in [4.78, 5) is 22.2. The van der Waals surface area contributed by atoms with Crippen LogP contribution in [0, 0.1) is 0 Å². The molecule has 0 aliphatic rings. The Balaban J connectivity index is 2.72. The lowest BCUT2D eigenvalue weighted by Gasteiger charge is -2.11. The van der Waals surface area contributed by atoms with Crippen molar-refractivity contribution in [2.24, 2.45) is 5.73 Å². The summed E-state index contributed by atoms with van der Waals surface area (Å²) in [6, 6.07) is 6.39. The van der Waals surface area contributed by atoms with Crippen molar-refractivity contribution in [3.63, 3.8) is 0 Å². The second kappa shape index (κ2) is 7.33. The molecule has 0 saturated carbocycles. The molecule has 4 N–H and O–H groups in total. The molecule has 0 fully saturated rings. The van der Waals surface area contributed by atoms with Gasteiger partial charge in [-0.25, -0.2) is 4.79 Å². The van der Waals surface area contributed by atoms with Gasteiger partial charge >= 0.3 is 5.97 Å². The highest BCUT2D eigenvalue weighted by molar-refractivity contribution is 5.95. The number of carboxylic acids is 1. The lowest BCUT2D eigenvalue weighted by atomic mass is 10.1. The van der Waals surface area contributed by atoms with Crippen LogP contribution in [0.3, 0.4) is 0 Å². The standard InChI is InChI=1S/C14H18N2O3/c1-2-4-12(15)14(19)16-11-6-3-5-10(9-11)7-8-13(17)18/h3,5-9,12H,2,4,15H2,1H3,(H,16,19)(H,17,18)/b8-7+. The molecule has 0 bridgehead atoms.